The first-order valence-corrected chi connectivity index (χ1v) is 7.99. The summed E-state index contributed by atoms with van der Waals surface area (Å²) in [5.41, 5.74) is 0.689. The largest absolute Gasteiger partial charge is 0.486 e. The van der Waals surface area contributed by atoms with Gasteiger partial charge in [0.25, 0.3) is 0 Å². The number of furan rings is 1. The number of benzene rings is 1. The minimum Gasteiger partial charge on any atom is -0.486 e. The van der Waals surface area contributed by atoms with Gasteiger partial charge in [-0.25, -0.2) is 0 Å². The predicted octanol–water partition coefficient (Wildman–Crippen LogP) is 3.40. The van der Waals surface area contributed by atoms with E-state index in [-0.39, 0.29) is 6.04 Å². The van der Waals surface area contributed by atoms with E-state index >= 15 is 0 Å². The van der Waals surface area contributed by atoms with E-state index in [4.69, 9.17) is 25.5 Å². The van der Waals surface area contributed by atoms with Crippen LogP contribution in [0.3, 0.4) is 0 Å². The van der Waals surface area contributed by atoms with E-state index in [2.05, 4.69) is 5.32 Å². The summed E-state index contributed by atoms with van der Waals surface area (Å²) in [6.45, 7) is 5.23. The summed E-state index contributed by atoms with van der Waals surface area (Å²) in [4.78, 5) is 0. The van der Waals surface area contributed by atoms with Crippen molar-refractivity contribution in [1.29, 1.82) is 0 Å². The molecule has 0 saturated heterocycles. The fourth-order valence-electron chi connectivity index (χ4n) is 2.52. The summed E-state index contributed by atoms with van der Waals surface area (Å²) >= 11 is 6.20. The Morgan fingerprint density at radius 1 is 1.26 bits per heavy atom. The van der Waals surface area contributed by atoms with E-state index in [1.165, 1.54) is 0 Å². The topological polar surface area (TPSA) is 63.9 Å². The van der Waals surface area contributed by atoms with Crippen molar-refractivity contribution < 1.29 is 19.0 Å². The van der Waals surface area contributed by atoms with Crippen LogP contribution < -0.4 is 14.8 Å². The molecule has 23 heavy (non-hydrogen) atoms. The Hall–Kier alpha value is -1.69. The number of ether oxygens (including phenoxy) is 2. The normalized spacial score (nSPS) is 16.2. The Morgan fingerprint density at radius 2 is 2.04 bits per heavy atom. The van der Waals surface area contributed by atoms with Gasteiger partial charge in [-0.3, -0.25) is 0 Å². The van der Waals surface area contributed by atoms with E-state index in [9.17, 15) is 5.11 Å². The lowest BCUT2D eigenvalue weighted by atomic mass is 10.1. The number of hydrogen-bond donors (Lipinski definition) is 2. The third-order valence-corrected chi connectivity index (χ3v) is 4.09. The molecule has 6 heteroatoms. The summed E-state index contributed by atoms with van der Waals surface area (Å²) in [5, 5.41) is 14.1. The first-order chi connectivity index (χ1) is 11.0. The Morgan fingerprint density at radius 3 is 2.78 bits per heavy atom. The highest BCUT2D eigenvalue weighted by atomic mass is 35.5. The number of hydrogen-bond acceptors (Lipinski definition) is 5. The van der Waals surface area contributed by atoms with E-state index in [0.29, 0.717) is 41.8 Å². The van der Waals surface area contributed by atoms with Crippen LogP contribution in [0, 0.1) is 6.92 Å². The van der Waals surface area contributed by atoms with E-state index in [1.807, 2.05) is 26.0 Å². The van der Waals surface area contributed by atoms with Crippen molar-refractivity contribution in [2.75, 3.05) is 19.8 Å². The van der Waals surface area contributed by atoms with Crippen molar-refractivity contribution in [2.45, 2.75) is 26.0 Å². The Labute approximate surface area is 140 Å². The second-order valence-corrected chi connectivity index (χ2v) is 6.03. The fraction of sp³-hybridized carbons (Fsp3) is 0.412. The molecule has 2 atom stereocenters. The van der Waals surface area contributed by atoms with Crippen molar-refractivity contribution in [2.24, 2.45) is 0 Å². The molecular formula is C17H20ClNO4. The van der Waals surface area contributed by atoms with Crippen LogP contribution in [0.4, 0.5) is 0 Å². The number of nitrogens with one attached hydrogen (secondary N) is 1. The molecule has 1 aliphatic rings. The molecule has 124 valence electrons. The number of halogens is 1. The molecule has 0 aliphatic carbocycles. The van der Waals surface area contributed by atoms with E-state index < -0.39 is 6.10 Å². The molecule has 1 aromatic heterocycles. The van der Waals surface area contributed by atoms with Gasteiger partial charge in [0.2, 0.25) is 0 Å². The molecule has 0 amide bonds. The molecule has 0 bridgehead atoms. The van der Waals surface area contributed by atoms with Crippen molar-refractivity contribution in [3.8, 4) is 11.5 Å². The minimum absolute atomic E-state index is 0.00559. The van der Waals surface area contributed by atoms with Gasteiger partial charge < -0.3 is 24.3 Å². The average molecular weight is 338 g/mol. The second kappa shape index (κ2) is 6.83. The van der Waals surface area contributed by atoms with Crippen molar-refractivity contribution in [3.05, 3.63) is 46.4 Å². The fourth-order valence-corrected chi connectivity index (χ4v) is 2.79. The number of aliphatic hydroxyl groups excluding tert-OH is 1. The van der Waals surface area contributed by atoms with Crippen LogP contribution in [0.5, 0.6) is 11.5 Å². The van der Waals surface area contributed by atoms with Gasteiger partial charge in [-0.15, -0.1) is 0 Å². The highest BCUT2D eigenvalue weighted by molar-refractivity contribution is 6.32. The lowest BCUT2D eigenvalue weighted by Gasteiger charge is -2.22. The molecule has 1 aromatic carbocycles. The third kappa shape index (κ3) is 3.63. The SMILES string of the molecule is Cc1ccc(C(C)NCC(O)c2cc(Cl)c3c(c2)OCCO3)o1. The smallest absolute Gasteiger partial charge is 0.179 e. The first kappa shape index (κ1) is 16.2. The van der Waals surface area contributed by atoms with Gasteiger partial charge in [-0.05, 0) is 43.7 Å². The van der Waals surface area contributed by atoms with Crippen molar-refractivity contribution in [1.82, 2.24) is 5.32 Å². The summed E-state index contributed by atoms with van der Waals surface area (Å²) in [6, 6.07) is 7.34. The van der Waals surface area contributed by atoms with Crippen molar-refractivity contribution >= 4 is 11.6 Å². The van der Waals surface area contributed by atoms with Gasteiger partial charge in [0, 0.05) is 6.54 Å². The zero-order valence-corrected chi connectivity index (χ0v) is 13.9. The van der Waals surface area contributed by atoms with Crippen LogP contribution in [0.25, 0.3) is 0 Å². The van der Waals surface area contributed by atoms with Crippen LogP contribution in [0.15, 0.2) is 28.7 Å². The zero-order valence-electron chi connectivity index (χ0n) is 13.1. The molecule has 2 heterocycles. The molecule has 2 unspecified atom stereocenters. The number of rotatable bonds is 5. The van der Waals surface area contributed by atoms with E-state index in [1.54, 1.807) is 12.1 Å². The summed E-state index contributed by atoms with van der Waals surface area (Å²) < 4.78 is 16.6. The summed E-state index contributed by atoms with van der Waals surface area (Å²) in [5.74, 6) is 2.83. The third-order valence-electron chi connectivity index (χ3n) is 3.81. The molecule has 0 spiro atoms. The van der Waals surface area contributed by atoms with Crippen LogP contribution in [-0.4, -0.2) is 24.9 Å². The van der Waals surface area contributed by atoms with E-state index in [0.717, 1.165) is 11.5 Å². The highest BCUT2D eigenvalue weighted by Crippen LogP contribution is 2.39. The maximum Gasteiger partial charge on any atom is 0.179 e. The molecule has 1 aliphatic heterocycles. The number of aryl methyl sites for hydroxylation is 1. The predicted molar refractivity (Wildman–Crippen MR) is 87.3 cm³/mol. The van der Waals surface area contributed by atoms with Gasteiger partial charge in [0.15, 0.2) is 11.5 Å². The second-order valence-electron chi connectivity index (χ2n) is 5.62. The quantitative estimate of drug-likeness (QED) is 0.875. The minimum atomic E-state index is -0.707. The maximum atomic E-state index is 10.4. The summed E-state index contributed by atoms with van der Waals surface area (Å²) in [6.07, 6.45) is -0.707. The Kier molecular flexibility index (Phi) is 4.80. The lowest BCUT2D eigenvalue weighted by molar-refractivity contribution is 0.160. The van der Waals surface area contributed by atoms with Gasteiger partial charge in [-0.1, -0.05) is 11.6 Å². The monoisotopic (exact) mass is 337 g/mol. The lowest BCUT2D eigenvalue weighted by Crippen LogP contribution is -2.24. The van der Waals surface area contributed by atoms with Crippen LogP contribution >= 0.6 is 11.6 Å². The van der Waals surface area contributed by atoms with Crippen LogP contribution in [-0.2, 0) is 0 Å². The number of aliphatic hydroxyl groups is 1. The zero-order chi connectivity index (χ0) is 16.4. The molecule has 3 rings (SSSR count). The standard InChI is InChI=1S/C17H20ClNO4/c1-10-3-4-15(23-10)11(2)19-9-14(20)12-7-13(18)17-16(8-12)21-5-6-22-17/h3-4,7-8,11,14,19-20H,5-6,9H2,1-2H3. The molecule has 5 nitrogen and oxygen atoms in total. The highest BCUT2D eigenvalue weighted by Gasteiger charge is 2.20. The molecule has 0 radical (unpaired) electrons. The number of fused-ring (bicyclic) bond motifs is 1. The van der Waals surface area contributed by atoms with Crippen LogP contribution in [0.1, 0.15) is 36.2 Å². The molecular weight excluding hydrogens is 318 g/mol. The Bertz CT molecular complexity index is 685. The van der Waals surface area contributed by atoms with Gasteiger partial charge >= 0.3 is 0 Å². The van der Waals surface area contributed by atoms with Gasteiger partial charge in [0.05, 0.1) is 17.2 Å². The molecule has 2 aromatic rings. The average Bonchev–Trinajstić information content (AvgIpc) is 2.99. The maximum absolute atomic E-state index is 10.4. The van der Waals surface area contributed by atoms with Crippen LogP contribution in [0.2, 0.25) is 5.02 Å². The van der Waals surface area contributed by atoms with Crippen molar-refractivity contribution in [3.63, 3.8) is 0 Å². The molecule has 0 fully saturated rings. The first-order valence-electron chi connectivity index (χ1n) is 7.61. The molecule has 2 N–H and O–H groups in total. The van der Waals surface area contributed by atoms with Gasteiger partial charge in [0.1, 0.15) is 24.7 Å². The van der Waals surface area contributed by atoms with Gasteiger partial charge in [-0.2, -0.15) is 0 Å². The Balaban J connectivity index is 1.66. The molecule has 0 saturated carbocycles. The summed E-state index contributed by atoms with van der Waals surface area (Å²) in [7, 11) is 0.